The lowest BCUT2D eigenvalue weighted by Gasteiger charge is -2.30. The quantitative estimate of drug-likeness (QED) is 0.586. The van der Waals surface area contributed by atoms with E-state index < -0.39 is 11.8 Å². The number of nitrogens with one attached hydrogen (secondary N) is 2. The van der Waals surface area contributed by atoms with Gasteiger partial charge in [0, 0.05) is 13.1 Å². The van der Waals surface area contributed by atoms with Crippen molar-refractivity contribution in [3.05, 3.63) is 22.4 Å². The molecule has 134 valence electrons. The van der Waals surface area contributed by atoms with Crippen molar-refractivity contribution in [2.24, 2.45) is 0 Å². The fourth-order valence-electron chi connectivity index (χ4n) is 3.06. The molecule has 2 heterocycles. The van der Waals surface area contributed by atoms with E-state index in [0.29, 0.717) is 13.1 Å². The van der Waals surface area contributed by atoms with Crippen LogP contribution >= 0.6 is 11.3 Å². The third kappa shape index (κ3) is 5.91. The fourth-order valence-corrected chi connectivity index (χ4v) is 3.76. The minimum Gasteiger partial charge on any atom is -0.348 e. The van der Waals surface area contributed by atoms with Crippen LogP contribution in [0.25, 0.3) is 0 Å². The Bertz CT molecular complexity index is 496. The second-order valence-corrected chi connectivity index (χ2v) is 7.12. The monoisotopic (exact) mass is 351 g/mol. The van der Waals surface area contributed by atoms with E-state index in [1.807, 2.05) is 0 Å². The van der Waals surface area contributed by atoms with Gasteiger partial charge in [0.2, 0.25) is 0 Å². The molecule has 1 unspecified atom stereocenters. The molecule has 0 radical (unpaired) electrons. The van der Waals surface area contributed by atoms with Gasteiger partial charge >= 0.3 is 11.8 Å². The third-order valence-corrected chi connectivity index (χ3v) is 5.19. The van der Waals surface area contributed by atoms with E-state index in [-0.39, 0.29) is 6.04 Å². The number of likely N-dealkylation sites (tertiary alicyclic amines) is 1. The number of carbonyl (C=O) groups excluding carboxylic acids is 2. The van der Waals surface area contributed by atoms with Crippen LogP contribution in [0.3, 0.4) is 0 Å². The molecule has 0 aromatic carbocycles. The number of rotatable bonds is 7. The average molecular weight is 352 g/mol. The van der Waals surface area contributed by atoms with Crippen molar-refractivity contribution in [2.45, 2.75) is 51.5 Å². The van der Waals surface area contributed by atoms with Gasteiger partial charge in [0.1, 0.15) is 0 Å². The molecule has 1 aliphatic rings. The Balaban J connectivity index is 1.91. The number of nitrogens with zero attached hydrogens (tertiary/aromatic N) is 1. The lowest BCUT2D eigenvalue weighted by atomic mass is 10.1. The van der Waals surface area contributed by atoms with E-state index in [9.17, 15) is 9.59 Å². The van der Waals surface area contributed by atoms with Gasteiger partial charge in [-0.05, 0) is 54.7 Å². The number of amides is 2. The first-order chi connectivity index (χ1) is 11.7. The van der Waals surface area contributed by atoms with Crippen molar-refractivity contribution >= 4 is 23.2 Å². The number of unbranched alkanes of at least 4 members (excludes halogenated alkanes) is 1. The summed E-state index contributed by atoms with van der Waals surface area (Å²) in [5, 5.41) is 9.71. The highest BCUT2D eigenvalue weighted by Crippen LogP contribution is 2.25. The van der Waals surface area contributed by atoms with E-state index in [1.165, 1.54) is 31.2 Å². The maximum Gasteiger partial charge on any atom is 0.309 e. The predicted molar refractivity (Wildman–Crippen MR) is 98.0 cm³/mol. The lowest BCUT2D eigenvalue weighted by Crippen LogP contribution is -2.44. The van der Waals surface area contributed by atoms with Crippen LogP contribution in [0.15, 0.2) is 16.8 Å². The molecule has 0 aliphatic carbocycles. The first-order valence-corrected chi connectivity index (χ1v) is 9.98. The molecule has 1 aromatic heterocycles. The zero-order chi connectivity index (χ0) is 17.2. The Kier molecular flexibility index (Phi) is 8.25. The molecule has 5 nitrogen and oxygen atoms in total. The average Bonchev–Trinajstić information content (AvgIpc) is 2.98. The minimum atomic E-state index is -0.527. The Labute approximate surface area is 148 Å². The van der Waals surface area contributed by atoms with Gasteiger partial charge in [-0.2, -0.15) is 11.3 Å². The summed E-state index contributed by atoms with van der Waals surface area (Å²) in [4.78, 5) is 26.3. The van der Waals surface area contributed by atoms with Gasteiger partial charge in [0.15, 0.2) is 0 Å². The third-order valence-electron chi connectivity index (χ3n) is 4.49. The van der Waals surface area contributed by atoms with Crippen LogP contribution in [0, 0.1) is 0 Å². The Hall–Kier alpha value is -1.40. The Morgan fingerprint density at radius 1 is 1.17 bits per heavy atom. The van der Waals surface area contributed by atoms with Crippen molar-refractivity contribution < 1.29 is 9.59 Å². The normalized spacial score (nSPS) is 17.0. The van der Waals surface area contributed by atoms with Gasteiger partial charge < -0.3 is 10.6 Å². The molecule has 1 aromatic rings. The first kappa shape index (κ1) is 18.9. The van der Waals surface area contributed by atoms with Crippen molar-refractivity contribution in [3.63, 3.8) is 0 Å². The molecule has 24 heavy (non-hydrogen) atoms. The number of thiophene rings is 1. The highest BCUT2D eigenvalue weighted by atomic mass is 32.1. The molecule has 0 bridgehead atoms. The summed E-state index contributed by atoms with van der Waals surface area (Å²) in [6, 6.07) is 2.27. The second kappa shape index (κ2) is 10.5. The van der Waals surface area contributed by atoms with Gasteiger partial charge in [-0.3, -0.25) is 14.5 Å². The van der Waals surface area contributed by atoms with Crippen molar-refractivity contribution in [1.29, 1.82) is 0 Å². The SMILES string of the molecule is CCCCNC(=O)C(=O)NCC(c1ccsc1)N1CCCCCC1. The van der Waals surface area contributed by atoms with Gasteiger partial charge in [0.05, 0.1) is 6.04 Å². The summed E-state index contributed by atoms with van der Waals surface area (Å²) in [5.74, 6) is -1.05. The summed E-state index contributed by atoms with van der Waals surface area (Å²) < 4.78 is 0. The molecule has 2 rings (SSSR count). The van der Waals surface area contributed by atoms with Crippen LogP contribution in [0.5, 0.6) is 0 Å². The smallest absolute Gasteiger partial charge is 0.309 e. The topological polar surface area (TPSA) is 61.4 Å². The molecule has 1 atom stereocenters. The number of carbonyl (C=O) groups is 2. The molecule has 6 heteroatoms. The van der Waals surface area contributed by atoms with E-state index in [4.69, 9.17) is 0 Å². The molecule has 2 N–H and O–H groups in total. The zero-order valence-electron chi connectivity index (χ0n) is 14.6. The van der Waals surface area contributed by atoms with Crippen LogP contribution in [-0.4, -0.2) is 42.9 Å². The van der Waals surface area contributed by atoms with E-state index >= 15 is 0 Å². The van der Waals surface area contributed by atoms with Gasteiger partial charge in [-0.1, -0.05) is 26.2 Å². The van der Waals surface area contributed by atoms with E-state index in [0.717, 1.165) is 25.9 Å². The summed E-state index contributed by atoms with van der Waals surface area (Å²) in [6.07, 6.45) is 6.84. The fraction of sp³-hybridized carbons (Fsp3) is 0.667. The molecule has 1 saturated heterocycles. The highest BCUT2D eigenvalue weighted by molar-refractivity contribution is 7.07. The van der Waals surface area contributed by atoms with Crippen molar-refractivity contribution in [1.82, 2.24) is 15.5 Å². The molecule has 1 fully saturated rings. The Morgan fingerprint density at radius 2 is 1.88 bits per heavy atom. The zero-order valence-corrected chi connectivity index (χ0v) is 15.4. The summed E-state index contributed by atoms with van der Waals surface area (Å²) in [6.45, 7) is 5.20. The lowest BCUT2D eigenvalue weighted by molar-refractivity contribution is -0.139. The van der Waals surface area contributed by atoms with Crippen molar-refractivity contribution in [3.8, 4) is 0 Å². The molecular formula is C18H29N3O2S. The molecule has 2 amide bonds. The molecule has 0 saturated carbocycles. The van der Waals surface area contributed by atoms with E-state index in [2.05, 4.69) is 39.3 Å². The Morgan fingerprint density at radius 3 is 2.50 bits per heavy atom. The molecule has 0 spiro atoms. The maximum absolute atomic E-state index is 12.0. The largest absolute Gasteiger partial charge is 0.348 e. The van der Waals surface area contributed by atoms with Crippen LogP contribution < -0.4 is 10.6 Å². The van der Waals surface area contributed by atoms with E-state index in [1.54, 1.807) is 11.3 Å². The van der Waals surface area contributed by atoms with Crippen LogP contribution in [0.4, 0.5) is 0 Å². The highest BCUT2D eigenvalue weighted by Gasteiger charge is 2.23. The van der Waals surface area contributed by atoms with Crippen LogP contribution in [0.2, 0.25) is 0 Å². The summed E-state index contributed by atoms with van der Waals surface area (Å²) in [5.41, 5.74) is 1.23. The van der Waals surface area contributed by atoms with Gasteiger partial charge in [0.25, 0.3) is 0 Å². The summed E-state index contributed by atoms with van der Waals surface area (Å²) in [7, 11) is 0. The molecular weight excluding hydrogens is 322 g/mol. The first-order valence-electron chi connectivity index (χ1n) is 9.04. The van der Waals surface area contributed by atoms with Gasteiger partial charge in [-0.15, -0.1) is 0 Å². The standard InChI is InChI=1S/C18H29N3O2S/c1-2-3-9-19-17(22)18(23)20-13-16(15-8-12-24-14-15)21-10-6-4-5-7-11-21/h8,12,14,16H,2-7,9-11,13H2,1H3,(H,19,22)(H,20,23). The van der Waals surface area contributed by atoms with Gasteiger partial charge in [-0.25, -0.2) is 0 Å². The maximum atomic E-state index is 12.0. The summed E-state index contributed by atoms with van der Waals surface area (Å²) >= 11 is 1.67. The second-order valence-electron chi connectivity index (χ2n) is 6.34. The number of hydrogen-bond acceptors (Lipinski definition) is 4. The minimum absolute atomic E-state index is 0.154. The molecule has 1 aliphatic heterocycles. The van der Waals surface area contributed by atoms with Crippen LogP contribution in [-0.2, 0) is 9.59 Å². The van der Waals surface area contributed by atoms with Crippen molar-refractivity contribution in [2.75, 3.05) is 26.2 Å². The van der Waals surface area contributed by atoms with Crippen LogP contribution in [0.1, 0.15) is 57.1 Å². The predicted octanol–water partition coefficient (Wildman–Crippen LogP) is 2.70. The number of hydrogen-bond donors (Lipinski definition) is 2.